The fourth-order valence-corrected chi connectivity index (χ4v) is 31.6. The number of fused-ring (bicyclic) bond motifs is 21. The van der Waals surface area contributed by atoms with E-state index in [2.05, 4.69) is 125 Å². The second kappa shape index (κ2) is 29.5. The Balaban J connectivity index is 0.000000174. The average molecular weight is 1540 g/mol. The van der Waals surface area contributed by atoms with Gasteiger partial charge in [0.25, 0.3) is 0 Å². The lowest BCUT2D eigenvalue weighted by Gasteiger charge is -2.71. The second-order valence-corrected chi connectivity index (χ2v) is 44.7. The van der Waals surface area contributed by atoms with E-state index in [1.807, 2.05) is 39.0 Å². The first kappa shape index (κ1) is 83.8. The topological polar surface area (TPSA) is 154 Å². The SMILES string of the molecule is [3H]C.[3H]C.[3H]C.[C-]#[N+]C1=C[C@]2(C)[C@H]3CC(=O)[C@@H]4[C@@H]5CC(C)(C)CC[C@]5(CO)CC[C@@]4(C)[C@]3(C)CC[C@H]2[C@H](C)C1=O.[C-]#[N+]C1=C[C@]2(C)[C@H]3CC(=O)[C@@H]4[C@@H]5CC(C)(C)CC[C@]5(COCF)CC[C@@]4(C)[C@]3(C)CC[C@H]2[C@H](C)C1=O.[C-]#[N+]C1=C[C@]2(C)[C@H]3CC(=O)[C@@H]4[C@@H]5CC(C)(C)CC[C@]5(COCSC)CC[C@@]4(C)[C@]3(C)CC[C@H]2[C@H](C)C1=O. The first-order valence-corrected chi connectivity index (χ1v) is 43.6. The van der Waals surface area contributed by atoms with E-state index in [0.29, 0.717) is 54.8 Å². The molecule has 0 bridgehead atoms. The summed E-state index contributed by atoms with van der Waals surface area (Å²) in [6, 6.07) is 0. The van der Waals surface area contributed by atoms with Crippen molar-refractivity contribution in [2.24, 2.45) is 170 Å². The summed E-state index contributed by atoms with van der Waals surface area (Å²) in [4.78, 5) is 92.7. The number of hydrogen-bond donors (Lipinski definition) is 1. The second-order valence-electron chi connectivity index (χ2n) is 43.9. The molecule has 110 heavy (non-hydrogen) atoms. The maximum Gasteiger partial charge on any atom is 0.226 e. The summed E-state index contributed by atoms with van der Waals surface area (Å²) in [6.45, 7) is 65.1. The molecule has 1 N–H and O–H groups in total. The van der Waals surface area contributed by atoms with E-state index in [0.717, 1.165) is 141 Å². The molecule has 12 fully saturated rings. The molecule has 0 radical (unpaired) electrons. The zero-order valence-electron chi connectivity index (χ0n) is 75.2. The van der Waals surface area contributed by atoms with Crippen LogP contribution in [0.15, 0.2) is 35.3 Å². The van der Waals surface area contributed by atoms with Gasteiger partial charge in [-0.25, -0.2) is 18.9 Å². The predicted octanol–water partition coefficient (Wildman–Crippen LogP) is 22.9. The molecule has 27 atom stereocenters. The Hall–Kier alpha value is -4.13. The number of aliphatic hydroxyl groups is 1. The van der Waals surface area contributed by atoms with Crippen LogP contribution in [-0.2, 0) is 38.2 Å². The fourth-order valence-electron chi connectivity index (χ4n) is 31.4. The van der Waals surface area contributed by atoms with Gasteiger partial charge in [0.2, 0.25) is 17.1 Å². The number of nitrogens with zero attached hydrogens (tertiary/aromatic N) is 3. The maximum atomic E-state index is 14.5. The third-order valence-corrected chi connectivity index (χ3v) is 38.6. The average Bonchev–Trinajstić information content (AvgIpc) is 0.684. The van der Waals surface area contributed by atoms with Crippen LogP contribution in [0, 0.1) is 190 Å². The maximum absolute atomic E-state index is 14.5. The van der Waals surface area contributed by atoms with Gasteiger partial charge >= 0.3 is 0 Å². The zero-order valence-corrected chi connectivity index (χ0v) is 73.1. The number of ketones is 6. The summed E-state index contributed by atoms with van der Waals surface area (Å²) < 4.78 is 42.2. The van der Waals surface area contributed by atoms with Crippen molar-refractivity contribution in [3.05, 3.63) is 69.6 Å². The van der Waals surface area contributed by atoms with Gasteiger partial charge in [0.1, 0.15) is 17.3 Å². The van der Waals surface area contributed by atoms with Crippen LogP contribution < -0.4 is 0 Å². The van der Waals surface area contributed by atoms with E-state index in [-0.39, 0.29) is 199 Å². The molecule has 0 aromatic carbocycles. The minimum absolute atomic E-state index is 0.00123. The fraction of sp³-hybridized carbons (Fsp3) is 0.844. The van der Waals surface area contributed by atoms with Crippen LogP contribution in [0.5, 0.6) is 0 Å². The van der Waals surface area contributed by atoms with Crippen LogP contribution >= 0.6 is 11.8 Å². The van der Waals surface area contributed by atoms with Gasteiger partial charge in [-0.05, 0) is 276 Å². The third kappa shape index (κ3) is 12.6. The molecule has 15 aliphatic carbocycles. The highest BCUT2D eigenvalue weighted by Crippen LogP contribution is 2.80. The lowest BCUT2D eigenvalue weighted by atomic mass is 9.32. The van der Waals surface area contributed by atoms with Gasteiger partial charge in [0.15, 0.2) is 24.2 Å². The van der Waals surface area contributed by atoms with Crippen LogP contribution in [0.2, 0.25) is 0 Å². The van der Waals surface area contributed by atoms with E-state index >= 15 is 0 Å². The van der Waals surface area contributed by atoms with Crippen LogP contribution in [0.4, 0.5) is 4.39 Å². The summed E-state index contributed by atoms with van der Waals surface area (Å²) >= 11 is 1.74. The van der Waals surface area contributed by atoms with Crippen LogP contribution in [0.25, 0.3) is 14.5 Å². The minimum atomic E-state index is -0.764. The molecule has 0 aromatic rings. The van der Waals surface area contributed by atoms with Crippen molar-refractivity contribution in [2.45, 2.75) is 301 Å². The standard InChI is InChI=1S/C32H47NO3S.C31H44FNO3.C30H43NO3.3CH4/c1-20-21-9-10-30(5)25(29(21,4)17-23(33-7)27(20)35)15-24(34)26-22-16-28(2,3)11-13-32(22,18-36-19-37-8)14-12-31(26,30)6;1-19-20-8-9-29(5)24(28(20,4)16-22(33-7)26(19)35)14-23(34)25-21-15-27(2,3)10-12-31(21,17-36-18-32)13-11-30(25,29)6;1-18-19-8-9-28(5)23(27(19,4)16-21(31-7)25(18)34)14-22(33)24-20-15-26(2,3)10-12-30(20,17-32)13-11-29(24,28)6;;;/h17,20-22,25-26H,9-16,18-19H2,1-6,8H3;16,19-21,24-25H,8-15,17-18H2,1-6H3;16,18-20,23-24,32H,8-15,17H2,1-6H3;3*1H4/t20-,21-,22-,25+,26-,29-,30+,31+,32+;19-,20-,21-,24+,25-,28-,29+,30+,31+;18-,19-,20-,23+,24-,27-,28+,29+,30+;;;/m000.../s1/i;;;3*1T. The van der Waals surface area contributed by atoms with Gasteiger partial charge in [-0.1, -0.05) is 165 Å². The van der Waals surface area contributed by atoms with Crippen LogP contribution in [0.3, 0.4) is 0 Å². The van der Waals surface area contributed by atoms with E-state index in [1.165, 1.54) is 28.6 Å². The van der Waals surface area contributed by atoms with E-state index < -0.39 is 6.86 Å². The molecule has 0 amide bonds. The first-order valence-electron chi connectivity index (χ1n) is 45.2. The van der Waals surface area contributed by atoms with Gasteiger partial charge in [0.05, 0.1) is 38.9 Å². The van der Waals surface area contributed by atoms with Gasteiger partial charge < -0.3 is 29.0 Å². The predicted molar refractivity (Wildman–Crippen MR) is 439 cm³/mol. The molecule has 612 valence electrons. The Morgan fingerprint density at radius 3 is 0.982 bits per heavy atom. The Morgan fingerprint density at radius 1 is 0.427 bits per heavy atom. The molecule has 15 aliphatic rings. The van der Waals surface area contributed by atoms with Crippen molar-refractivity contribution in [3.8, 4) is 0 Å². The Bertz CT molecular complexity index is 3910. The zero-order chi connectivity index (χ0) is 84.2. The molecule has 0 aliphatic heterocycles. The Morgan fingerprint density at radius 2 is 0.700 bits per heavy atom. The number of allylic oxidation sites excluding steroid dienone is 6. The smallest absolute Gasteiger partial charge is 0.226 e. The largest absolute Gasteiger partial charge is 0.396 e. The van der Waals surface area contributed by atoms with Gasteiger partial charge in [-0.3, -0.25) is 14.4 Å². The summed E-state index contributed by atoms with van der Waals surface area (Å²) in [5.74, 6) is 3.31. The highest BCUT2D eigenvalue weighted by molar-refractivity contribution is 7.98. The van der Waals surface area contributed by atoms with Crippen molar-refractivity contribution in [3.63, 3.8) is 0 Å². The summed E-state index contributed by atoms with van der Waals surface area (Å²) in [6.07, 6.45) is 31.7. The van der Waals surface area contributed by atoms with E-state index in [9.17, 15) is 38.3 Å². The van der Waals surface area contributed by atoms with Crippen molar-refractivity contribution in [2.75, 3.05) is 38.9 Å². The van der Waals surface area contributed by atoms with E-state index in [4.69, 9.17) is 33.3 Å². The molecule has 0 saturated heterocycles. The molecule has 12 saturated carbocycles. The molecule has 0 spiro atoms. The van der Waals surface area contributed by atoms with Gasteiger partial charge in [-0.2, -0.15) is 0 Å². The molecular formula is C96H146FN3O9S. The molecule has 0 heterocycles. The summed E-state index contributed by atoms with van der Waals surface area (Å²) in [7, 11) is 3.75. The lowest BCUT2D eigenvalue weighted by Crippen LogP contribution is -2.68. The molecule has 0 unspecified atom stereocenters. The van der Waals surface area contributed by atoms with Crippen LogP contribution in [0.1, 0.15) is 305 Å². The van der Waals surface area contributed by atoms with Crippen molar-refractivity contribution in [1.29, 1.82) is 0 Å². The van der Waals surface area contributed by atoms with Crippen molar-refractivity contribution < 1.29 is 51.9 Å². The molecule has 15 rings (SSSR count). The number of aliphatic hydroxyl groups excluding tert-OH is 1. The number of hydrogen-bond acceptors (Lipinski definition) is 10. The number of carbonyl (C=O) groups is 6. The highest BCUT2D eigenvalue weighted by atomic mass is 32.2. The normalized spacial score (nSPS) is 48.8. The number of Topliss-reactive ketones (excluding diaryl/α,β-unsaturated/α-hetero) is 6. The summed E-state index contributed by atoms with van der Waals surface area (Å²) in [5, 5.41) is 10.6. The van der Waals surface area contributed by atoms with E-state index in [1.54, 1.807) is 11.8 Å². The minimum Gasteiger partial charge on any atom is -0.396 e. The van der Waals surface area contributed by atoms with Crippen molar-refractivity contribution in [1.82, 2.24) is 0 Å². The lowest BCUT2D eigenvalue weighted by molar-refractivity contribution is -0.226. The Kier molecular flexibility index (Phi) is 22.5. The van der Waals surface area contributed by atoms with Crippen molar-refractivity contribution >= 4 is 46.5 Å². The number of ether oxygens (including phenoxy) is 2. The number of rotatable bonds is 8. The molecule has 0 aromatic heterocycles. The third-order valence-electron chi connectivity index (χ3n) is 38.2. The Labute approximate surface area is 674 Å². The summed E-state index contributed by atoms with van der Waals surface area (Å²) in [5.41, 5.74) is 0.0156. The van der Waals surface area contributed by atoms with Gasteiger partial charge in [-0.15, -0.1) is 11.8 Å². The number of alkyl halides is 1. The monoisotopic (exact) mass is 1540 g/mol. The number of thioether (sulfide) groups is 1. The molecular weight excluding hydrogens is 1390 g/mol. The first-order chi connectivity index (χ1) is 52.9. The quantitative estimate of drug-likeness (QED) is 0.141. The van der Waals surface area contributed by atoms with Gasteiger partial charge in [0, 0.05) is 65.5 Å². The molecule has 12 nitrogen and oxygen atoms in total. The number of carbonyl (C=O) groups excluding carboxylic acids is 6. The molecule has 14 heteroatoms. The highest BCUT2D eigenvalue weighted by Gasteiger charge is 2.76. The number of halogens is 1. The van der Waals surface area contributed by atoms with Crippen LogP contribution in [-0.4, -0.2) is 78.7 Å².